The fraction of sp³-hybridized carbons (Fsp3) is 0.520. The minimum absolute atomic E-state index is 0.0157. The normalized spacial score (nSPS) is 20.9. The Balaban J connectivity index is 1.39. The number of aryl methyl sites for hydroxylation is 1. The number of carbonyl (C=O) groups excluding carboxylic acids is 2. The first-order chi connectivity index (χ1) is 15.5. The summed E-state index contributed by atoms with van der Waals surface area (Å²) in [5.74, 6) is 1.47. The average Bonchev–Trinajstić information content (AvgIpc) is 3.53. The Morgan fingerprint density at radius 2 is 1.84 bits per heavy atom. The number of anilines is 1. The molecule has 0 bridgehead atoms. The summed E-state index contributed by atoms with van der Waals surface area (Å²) in [5, 5.41) is 0. The minimum Gasteiger partial charge on any atom is -0.332 e. The first-order valence-electron chi connectivity index (χ1n) is 11.7. The van der Waals surface area contributed by atoms with Crippen molar-refractivity contribution >= 4 is 17.6 Å². The van der Waals surface area contributed by atoms with Crippen LogP contribution in [0.1, 0.15) is 67.2 Å². The zero-order valence-electron chi connectivity index (χ0n) is 18.5. The number of likely N-dealkylation sites (tertiary alicyclic amines) is 1. The van der Waals surface area contributed by atoms with E-state index in [-0.39, 0.29) is 29.6 Å². The smallest absolute Gasteiger partial charge is 0.232 e. The van der Waals surface area contributed by atoms with Crippen LogP contribution < -0.4 is 4.90 Å². The number of hydrogen-bond acceptors (Lipinski definition) is 4. The molecule has 7 heteroatoms. The molecule has 3 aliphatic rings. The number of fused-ring (bicyclic) bond motifs is 1. The molecule has 1 saturated heterocycles. The van der Waals surface area contributed by atoms with E-state index in [4.69, 9.17) is 9.97 Å². The highest BCUT2D eigenvalue weighted by molar-refractivity contribution is 6.00. The molecule has 2 fully saturated rings. The summed E-state index contributed by atoms with van der Waals surface area (Å²) in [6, 6.07) is 6.27. The van der Waals surface area contributed by atoms with Crippen molar-refractivity contribution in [1.82, 2.24) is 14.9 Å². The summed E-state index contributed by atoms with van der Waals surface area (Å²) in [4.78, 5) is 39.2. The van der Waals surface area contributed by atoms with Crippen molar-refractivity contribution in [3.05, 3.63) is 52.7 Å². The summed E-state index contributed by atoms with van der Waals surface area (Å²) in [5.41, 5.74) is 2.68. The van der Waals surface area contributed by atoms with E-state index < -0.39 is 0 Å². The zero-order valence-corrected chi connectivity index (χ0v) is 18.5. The lowest BCUT2D eigenvalue weighted by Gasteiger charge is -2.27. The molecule has 3 heterocycles. The van der Waals surface area contributed by atoms with Crippen LogP contribution in [-0.4, -0.2) is 39.8 Å². The first kappa shape index (κ1) is 21.0. The largest absolute Gasteiger partial charge is 0.332 e. The van der Waals surface area contributed by atoms with Gasteiger partial charge >= 0.3 is 0 Å². The van der Waals surface area contributed by atoms with Gasteiger partial charge in [0.05, 0.1) is 12.5 Å². The summed E-state index contributed by atoms with van der Waals surface area (Å²) < 4.78 is 13.2. The summed E-state index contributed by atoms with van der Waals surface area (Å²) in [7, 11) is 0. The van der Waals surface area contributed by atoms with Crippen molar-refractivity contribution in [1.29, 1.82) is 0 Å². The van der Waals surface area contributed by atoms with Crippen molar-refractivity contribution in [2.45, 2.75) is 64.3 Å². The van der Waals surface area contributed by atoms with Gasteiger partial charge in [0.25, 0.3) is 0 Å². The fourth-order valence-corrected chi connectivity index (χ4v) is 5.37. The molecule has 0 unspecified atom stereocenters. The van der Waals surface area contributed by atoms with Gasteiger partial charge in [0, 0.05) is 30.3 Å². The number of rotatable bonds is 5. The van der Waals surface area contributed by atoms with Crippen molar-refractivity contribution in [2.75, 3.05) is 18.0 Å². The molecule has 2 aliphatic heterocycles. The second kappa shape index (κ2) is 8.60. The standard InChI is InChI=1S/C25H29FN4O2/c1-16-20-15-22(31)30(14-12-17-8-10-19(26)11-9-17)24(20)28-23(27-16)21-7-4-13-29(21)25(32)18-5-2-3-6-18/h8-11,18,21H,2-7,12-15H2,1H3/t21-/m0/s1. The van der Waals surface area contributed by atoms with Crippen LogP contribution in [-0.2, 0) is 22.4 Å². The minimum atomic E-state index is -0.266. The Hall–Kier alpha value is -2.83. The highest BCUT2D eigenvalue weighted by Gasteiger charge is 2.38. The summed E-state index contributed by atoms with van der Waals surface area (Å²) >= 11 is 0. The molecule has 0 N–H and O–H groups in total. The van der Waals surface area contributed by atoms with Gasteiger partial charge in [0.1, 0.15) is 11.6 Å². The number of benzene rings is 1. The van der Waals surface area contributed by atoms with E-state index >= 15 is 0 Å². The fourth-order valence-electron chi connectivity index (χ4n) is 5.37. The lowest BCUT2D eigenvalue weighted by Crippen LogP contribution is -2.36. The van der Waals surface area contributed by atoms with E-state index in [9.17, 15) is 14.0 Å². The highest BCUT2D eigenvalue weighted by atomic mass is 19.1. The molecule has 2 amide bonds. The number of amides is 2. The van der Waals surface area contributed by atoms with Gasteiger partial charge in [-0.1, -0.05) is 25.0 Å². The molecule has 0 spiro atoms. The molecule has 5 rings (SSSR count). The summed E-state index contributed by atoms with van der Waals surface area (Å²) in [6.45, 7) is 3.17. The summed E-state index contributed by atoms with van der Waals surface area (Å²) in [6.07, 6.45) is 6.98. The van der Waals surface area contributed by atoms with Gasteiger partial charge in [0.2, 0.25) is 11.8 Å². The zero-order chi connectivity index (χ0) is 22.2. The monoisotopic (exact) mass is 436 g/mol. The molecule has 32 heavy (non-hydrogen) atoms. The molecule has 1 aromatic heterocycles. The molecule has 6 nitrogen and oxygen atoms in total. The molecule has 168 valence electrons. The van der Waals surface area contributed by atoms with Gasteiger partial charge in [0.15, 0.2) is 5.82 Å². The average molecular weight is 437 g/mol. The molecule has 1 aromatic carbocycles. The second-order valence-electron chi connectivity index (χ2n) is 9.24. The second-order valence-corrected chi connectivity index (χ2v) is 9.24. The Bertz CT molecular complexity index is 1030. The van der Waals surface area contributed by atoms with E-state index in [1.165, 1.54) is 12.1 Å². The van der Waals surface area contributed by atoms with Crippen molar-refractivity contribution < 1.29 is 14.0 Å². The maximum atomic E-state index is 13.2. The van der Waals surface area contributed by atoms with E-state index in [0.29, 0.717) is 31.0 Å². The molecule has 1 saturated carbocycles. The first-order valence-corrected chi connectivity index (χ1v) is 11.7. The molecule has 1 atom stereocenters. The SMILES string of the molecule is Cc1nc([C@@H]2CCCN2C(=O)C2CCCC2)nc2c1CC(=O)N2CCc1ccc(F)cc1. The number of aromatic nitrogens is 2. The Kier molecular flexibility index (Phi) is 5.66. The van der Waals surface area contributed by atoms with Crippen LogP contribution in [0.15, 0.2) is 24.3 Å². The third-order valence-corrected chi connectivity index (χ3v) is 7.17. The predicted octanol–water partition coefficient (Wildman–Crippen LogP) is 3.91. The Labute approximate surface area is 187 Å². The number of carbonyl (C=O) groups is 2. The van der Waals surface area contributed by atoms with Gasteiger partial charge in [-0.15, -0.1) is 0 Å². The van der Waals surface area contributed by atoms with Gasteiger partial charge in [-0.25, -0.2) is 14.4 Å². The Morgan fingerprint density at radius 3 is 2.59 bits per heavy atom. The van der Waals surface area contributed by atoms with Gasteiger partial charge < -0.3 is 4.90 Å². The van der Waals surface area contributed by atoms with Gasteiger partial charge in [-0.2, -0.15) is 0 Å². The van der Waals surface area contributed by atoms with Crippen LogP contribution in [0, 0.1) is 18.7 Å². The lowest BCUT2D eigenvalue weighted by molar-refractivity contribution is -0.136. The Morgan fingerprint density at radius 1 is 1.09 bits per heavy atom. The van der Waals surface area contributed by atoms with Gasteiger partial charge in [-0.3, -0.25) is 14.5 Å². The van der Waals surface area contributed by atoms with Crippen molar-refractivity contribution in [3.8, 4) is 0 Å². The molecular weight excluding hydrogens is 407 g/mol. The van der Waals surface area contributed by atoms with E-state index in [0.717, 1.165) is 61.9 Å². The third kappa shape index (κ3) is 3.89. The maximum Gasteiger partial charge on any atom is 0.232 e. The van der Waals surface area contributed by atoms with E-state index in [1.807, 2.05) is 11.8 Å². The van der Waals surface area contributed by atoms with Crippen LogP contribution in [0.4, 0.5) is 10.2 Å². The van der Waals surface area contributed by atoms with Crippen LogP contribution in [0.25, 0.3) is 0 Å². The van der Waals surface area contributed by atoms with Crippen molar-refractivity contribution in [3.63, 3.8) is 0 Å². The van der Waals surface area contributed by atoms with Crippen LogP contribution >= 0.6 is 0 Å². The molecule has 0 radical (unpaired) electrons. The van der Waals surface area contributed by atoms with Crippen LogP contribution in [0.3, 0.4) is 0 Å². The molecule has 2 aromatic rings. The van der Waals surface area contributed by atoms with Crippen LogP contribution in [0.5, 0.6) is 0 Å². The number of nitrogens with zero attached hydrogens (tertiary/aromatic N) is 4. The van der Waals surface area contributed by atoms with E-state index in [2.05, 4.69) is 0 Å². The predicted molar refractivity (Wildman–Crippen MR) is 119 cm³/mol. The maximum absolute atomic E-state index is 13.2. The number of halogens is 1. The highest BCUT2D eigenvalue weighted by Crippen LogP contribution is 2.37. The topological polar surface area (TPSA) is 66.4 Å². The van der Waals surface area contributed by atoms with Crippen molar-refractivity contribution in [2.24, 2.45) is 5.92 Å². The lowest BCUT2D eigenvalue weighted by atomic mass is 10.1. The van der Waals surface area contributed by atoms with E-state index in [1.54, 1.807) is 17.0 Å². The molecule has 1 aliphatic carbocycles. The quantitative estimate of drug-likeness (QED) is 0.713. The van der Waals surface area contributed by atoms with Gasteiger partial charge in [-0.05, 0) is 56.7 Å². The molecular formula is C25H29FN4O2. The third-order valence-electron chi connectivity index (χ3n) is 7.17. The van der Waals surface area contributed by atoms with Crippen LogP contribution in [0.2, 0.25) is 0 Å². The number of hydrogen-bond donors (Lipinski definition) is 0.